The Morgan fingerprint density at radius 2 is 1.86 bits per heavy atom. The summed E-state index contributed by atoms with van der Waals surface area (Å²) in [6.45, 7) is 2.29. The highest BCUT2D eigenvalue weighted by Gasteiger charge is 2.00. The van der Waals surface area contributed by atoms with Crippen molar-refractivity contribution >= 4 is 6.21 Å². The van der Waals surface area contributed by atoms with E-state index in [0.29, 0.717) is 0 Å². The average Bonchev–Trinajstić information content (AvgIpc) is 2.54. The molecule has 0 spiro atoms. The third kappa shape index (κ3) is 10.4. The molecule has 1 aromatic rings. The van der Waals surface area contributed by atoms with E-state index >= 15 is 0 Å². The summed E-state index contributed by atoms with van der Waals surface area (Å²) in [7, 11) is 1.60. The Bertz CT molecular complexity index is 378. The third-order valence-electron chi connectivity index (χ3n) is 4.07. The Kier molecular flexibility index (Phi) is 11.3. The molecule has 1 aromatic heterocycles. The van der Waals surface area contributed by atoms with E-state index in [4.69, 9.17) is 0 Å². The standard InChI is InChI=1S/C19H32N2O/c1-18(14-16-21-22-2)11-8-6-4-3-5-7-9-12-19-13-10-15-20-17-19/h10,13,15-18H,3-9,11-12,14H2,1-2H3/t18-/m1/s1. The van der Waals surface area contributed by atoms with Gasteiger partial charge in [0.15, 0.2) is 0 Å². The predicted octanol–water partition coefficient (Wildman–Crippen LogP) is 5.40. The SMILES string of the molecule is CON=CC[C@H](C)CCCCCCCCCc1cccnc1. The number of unbranched alkanes of at least 4 members (excludes halogenated alkanes) is 6. The largest absolute Gasteiger partial charge is 0.399 e. The van der Waals surface area contributed by atoms with Gasteiger partial charge in [0.25, 0.3) is 0 Å². The fourth-order valence-corrected chi connectivity index (χ4v) is 2.67. The van der Waals surface area contributed by atoms with E-state index in [9.17, 15) is 0 Å². The summed E-state index contributed by atoms with van der Waals surface area (Å²) in [6.07, 6.45) is 18.7. The molecule has 1 rings (SSSR count). The van der Waals surface area contributed by atoms with Gasteiger partial charge in [-0.3, -0.25) is 4.98 Å². The Hall–Kier alpha value is -1.38. The van der Waals surface area contributed by atoms with Crippen molar-refractivity contribution in [3.8, 4) is 0 Å². The topological polar surface area (TPSA) is 34.5 Å². The van der Waals surface area contributed by atoms with Crippen molar-refractivity contribution in [1.82, 2.24) is 4.98 Å². The second-order valence-electron chi connectivity index (χ2n) is 6.19. The van der Waals surface area contributed by atoms with Crippen LogP contribution < -0.4 is 0 Å². The van der Waals surface area contributed by atoms with Gasteiger partial charge in [-0.15, -0.1) is 0 Å². The average molecular weight is 304 g/mol. The van der Waals surface area contributed by atoms with Crippen molar-refractivity contribution in [3.63, 3.8) is 0 Å². The van der Waals surface area contributed by atoms with Gasteiger partial charge in [-0.05, 0) is 36.8 Å². The molecule has 3 heteroatoms. The van der Waals surface area contributed by atoms with Gasteiger partial charge < -0.3 is 4.84 Å². The van der Waals surface area contributed by atoms with Gasteiger partial charge in [-0.2, -0.15) is 0 Å². The van der Waals surface area contributed by atoms with Gasteiger partial charge in [0, 0.05) is 18.6 Å². The second kappa shape index (κ2) is 13.3. The molecule has 22 heavy (non-hydrogen) atoms. The lowest BCUT2D eigenvalue weighted by atomic mass is 9.99. The third-order valence-corrected chi connectivity index (χ3v) is 4.07. The number of oxime groups is 1. The van der Waals surface area contributed by atoms with Gasteiger partial charge >= 0.3 is 0 Å². The zero-order valence-electron chi connectivity index (χ0n) is 14.3. The number of aromatic nitrogens is 1. The molecule has 0 saturated heterocycles. The van der Waals surface area contributed by atoms with Gasteiger partial charge in [0.1, 0.15) is 7.11 Å². The number of hydrogen-bond acceptors (Lipinski definition) is 3. The molecule has 0 aliphatic rings. The van der Waals surface area contributed by atoms with Gasteiger partial charge in [-0.1, -0.05) is 63.1 Å². The maximum atomic E-state index is 4.68. The van der Waals surface area contributed by atoms with Crippen LogP contribution in [0, 0.1) is 5.92 Å². The minimum absolute atomic E-state index is 0.721. The quantitative estimate of drug-likeness (QED) is 0.278. The smallest absolute Gasteiger partial charge is 0.106 e. The lowest BCUT2D eigenvalue weighted by Crippen LogP contribution is -1.95. The number of hydrogen-bond donors (Lipinski definition) is 0. The fourth-order valence-electron chi connectivity index (χ4n) is 2.67. The first-order valence-electron chi connectivity index (χ1n) is 8.77. The molecule has 0 N–H and O–H groups in total. The van der Waals surface area contributed by atoms with Gasteiger partial charge in [0.2, 0.25) is 0 Å². The van der Waals surface area contributed by atoms with Crippen LogP contribution >= 0.6 is 0 Å². The highest BCUT2D eigenvalue weighted by atomic mass is 16.6. The monoisotopic (exact) mass is 304 g/mol. The van der Waals surface area contributed by atoms with Gasteiger partial charge in [0.05, 0.1) is 0 Å². The first-order valence-corrected chi connectivity index (χ1v) is 8.77. The van der Waals surface area contributed by atoms with Crippen molar-refractivity contribution in [3.05, 3.63) is 30.1 Å². The molecular weight excluding hydrogens is 272 g/mol. The number of nitrogens with zero attached hydrogens (tertiary/aromatic N) is 2. The van der Waals surface area contributed by atoms with Crippen LogP contribution in [0.3, 0.4) is 0 Å². The molecule has 3 nitrogen and oxygen atoms in total. The van der Waals surface area contributed by atoms with E-state index in [1.54, 1.807) is 7.11 Å². The van der Waals surface area contributed by atoms with Crippen LogP contribution in [-0.2, 0) is 11.3 Å². The van der Waals surface area contributed by atoms with Crippen LogP contribution in [0.15, 0.2) is 29.7 Å². The molecule has 0 bridgehead atoms. The Morgan fingerprint density at radius 3 is 2.55 bits per heavy atom. The summed E-state index contributed by atoms with van der Waals surface area (Å²) in [5, 5.41) is 3.79. The van der Waals surface area contributed by atoms with Crippen LogP contribution in [0.5, 0.6) is 0 Å². The summed E-state index contributed by atoms with van der Waals surface area (Å²) < 4.78 is 0. The number of pyridine rings is 1. The summed E-state index contributed by atoms with van der Waals surface area (Å²) in [4.78, 5) is 8.83. The normalized spacial score (nSPS) is 12.6. The van der Waals surface area contributed by atoms with Crippen molar-refractivity contribution in [1.29, 1.82) is 0 Å². The van der Waals surface area contributed by atoms with E-state index in [2.05, 4.69) is 28.0 Å². The zero-order valence-corrected chi connectivity index (χ0v) is 14.3. The van der Waals surface area contributed by atoms with Crippen molar-refractivity contribution in [2.24, 2.45) is 11.1 Å². The zero-order chi connectivity index (χ0) is 15.9. The van der Waals surface area contributed by atoms with E-state index in [-0.39, 0.29) is 0 Å². The first-order chi connectivity index (χ1) is 10.8. The maximum Gasteiger partial charge on any atom is 0.106 e. The van der Waals surface area contributed by atoms with Crippen molar-refractivity contribution in [2.75, 3.05) is 7.11 Å². The molecular formula is C19H32N2O. The second-order valence-corrected chi connectivity index (χ2v) is 6.19. The predicted molar refractivity (Wildman–Crippen MR) is 94.2 cm³/mol. The molecule has 124 valence electrons. The Labute approximate surface area is 136 Å². The van der Waals surface area contributed by atoms with E-state index in [0.717, 1.165) is 12.3 Å². The minimum Gasteiger partial charge on any atom is -0.399 e. The number of rotatable bonds is 13. The molecule has 0 amide bonds. The van der Waals surface area contributed by atoms with Crippen LogP contribution in [0.4, 0.5) is 0 Å². The molecule has 0 fully saturated rings. The molecule has 0 aliphatic heterocycles. The molecule has 0 aliphatic carbocycles. The molecule has 0 saturated carbocycles. The van der Waals surface area contributed by atoms with Crippen molar-refractivity contribution < 1.29 is 4.84 Å². The van der Waals surface area contributed by atoms with E-state index in [1.807, 2.05) is 24.7 Å². The fraction of sp³-hybridized carbons (Fsp3) is 0.684. The summed E-state index contributed by atoms with van der Waals surface area (Å²) in [5.74, 6) is 0.721. The highest BCUT2D eigenvalue weighted by Crippen LogP contribution is 2.14. The molecule has 0 radical (unpaired) electrons. The molecule has 0 unspecified atom stereocenters. The van der Waals surface area contributed by atoms with E-state index in [1.165, 1.54) is 63.4 Å². The highest BCUT2D eigenvalue weighted by molar-refractivity contribution is 5.56. The van der Waals surface area contributed by atoms with Crippen LogP contribution in [0.2, 0.25) is 0 Å². The maximum absolute atomic E-state index is 4.68. The summed E-state index contributed by atoms with van der Waals surface area (Å²) >= 11 is 0. The molecule has 1 atom stereocenters. The lowest BCUT2D eigenvalue weighted by molar-refractivity contribution is 0.214. The number of aryl methyl sites for hydroxylation is 1. The van der Waals surface area contributed by atoms with Crippen LogP contribution in [-0.4, -0.2) is 18.3 Å². The summed E-state index contributed by atoms with van der Waals surface area (Å²) in [6, 6.07) is 4.20. The van der Waals surface area contributed by atoms with Crippen LogP contribution in [0.1, 0.15) is 70.3 Å². The van der Waals surface area contributed by atoms with E-state index < -0.39 is 0 Å². The van der Waals surface area contributed by atoms with Gasteiger partial charge in [-0.25, -0.2) is 0 Å². The summed E-state index contributed by atoms with van der Waals surface area (Å²) in [5.41, 5.74) is 1.37. The molecule has 1 heterocycles. The first kappa shape index (κ1) is 18.7. The van der Waals surface area contributed by atoms with Crippen LogP contribution in [0.25, 0.3) is 0 Å². The Balaban J connectivity index is 1.84. The van der Waals surface area contributed by atoms with Crippen molar-refractivity contribution in [2.45, 2.75) is 71.1 Å². The molecule has 0 aromatic carbocycles. The Morgan fingerprint density at radius 1 is 1.14 bits per heavy atom. The lowest BCUT2D eigenvalue weighted by Gasteiger charge is -2.07. The minimum atomic E-state index is 0.721.